The normalized spacial score (nSPS) is 11.6. The molecule has 0 atom stereocenters. The van der Waals surface area contributed by atoms with Crippen LogP contribution in [0.4, 0.5) is 18.3 Å². The Kier molecular flexibility index (Phi) is 5.60. The molecular weight excluding hydrogens is 469 g/mol. The second-order valence-electron chi connectivity index (χ2n) is 6.60. The second kappa shape index (κ2) is 8.24. The molecule has 13 heteroatoms. The SMILES string of the molecule is Cn1c(=O)[nH]c2scc(CC(=O)Nc3nc(-c4cccc(OC(F)(F)F)c4)cs3)c2c1=O. The van der Waals surface area contributed by atoms with E-state index >= 15 is 0 Å². The number of aromatic nitrogens is 3. The Balaban J connectivity index is 1.50. The smallest absolute Gasteiger partial charge is 0.406 e. The maximum atomic E-state index is 12.5. The van der Waals surface area contributed by atoms with Crippen molar-refractivity contribution in [2.24, 2.45) is 7.05 Å². The van der Waals surface area contributed by atoms with E-state index in [2.05, 4.69) is 20.0 Å². The molecule has 0 aliphatic heterocycles. The summed E-state index contributed by atoms with van der Waals surface area (Å²) in [4.78, 5) is 43.8. The number of H-pyrrole nitrogens is 1. The average Bonchev–Trinajstić information content (AvgIpc) is 3.32. The number of hydrogen-bond acceptors (Lipinski definition) is 7. The molecule has 0 aliphatic rings. The van der Waals surface area contributed by atoms with Gasteiger partial charge in [-0.1, -0.05) is 12.1 Å². The van der Waals surface area contributed by atoms with Crippen molar-refractivity contribution in [3.05, 3.63) is 61.4 Å². The molecule has 4 aromatic rings. The van der Waals surface area contributed by atoms with Crippen molar-refractivity contribution in [2.45, 2.75) is 12.8 Å². The molecule has 0 saturated carbocycles. The number of rotatable bonds is 5. The Hall–Kier alpha value is -3.45. The lowest BCUT2D eigenvalue weighted by Gasteiger charge is -2.09. The van der Waals surface area contributed by atoms with E-state index < -0.39 is 23.5 Å². The first-order valence-corrected chi connectivity index (χ1v) is 10.7. The molecule has 0 radical (unpaired) electrons. The number of anilines is 1. The average molecular weight is 482 g/mol. The molecular formula is C19H13F3N4O4S2. The fraction of sp³-hybridized carbons (Fsp3) is 0.158. The van der Waals surface area contributed by atoms with E-state index in [0.717, 1.165) is 27.2 Å². The number of thiophene rings is 1. The van der Waals surface area contributed by atoms with Crippen molar-refractivity contribution >= 4 is 43.9 Å². The van der Waals surface area contributed by atoms with Gasteiger partial charge in [0.2, 0.25) is 5.91 Å². The summed E-state index contributed by atoms with van der Waals surface area (Å²) in [5.41, 5.74) is 0.184. The molecule has 3 aromatic heterocycles. The zero-order chi connectivity index (χ0) is 23.0. The van der Waals surface area contributed by atoms with Crippen molar-refractivity contribution in [1.29, 1.82) is 0 Å². The van der Waals surface area contributed by atoms with Gasteiger partial charge < -0.3 is 10.1 Å². The lowest BCUT2D eigenvalue weighted by atomic mass is 10.1. The number of nitrogens with one attached hydrogen (secondary N) is 2. The predicted octanol–water partition coefficient (Wildman–Crippen LogP) is 3.49. The first-order chi connectivity index (χ1) is 15.1. The van der Waals surface area contributed by atoms with Crippen LogP contribution in [-0.2, 0) is 18.3 Å². The third kappa shape index (κ3) is 4.57. The summed E-state index contributed by atoms with van der Waals surface area (Å²) in [5, 5.41) is 6.34. The number of alkyl halides is 3. The van der Waals surface area contributed by atoms with Gasteiger partial charge in [-0.05, 0) is 23.1 Å². The highest BCUT2D eigenvalue weighted by Gasteiger charge is 2.31. The topological polar surface area (TPSA) is 106 Å². The summed E-state index contributed by atoms with van der Waals surface area (Å²) in [6.07, 6.45) is -4.93. The summed E-state index contributed by atoms with van der Waals surface area (Å²) in [6, 6.07) is 5.34. The predicted molar refractivity (Wildman–Crippen MR) is 114 cm³/mol. The van der Waals surface area contributed by atoms with Gasteiger partial charge in [-0.3, -0.25) is 19.1 Å². The number of carbonyl (C=O) groups is 1. The number of aromatic amines is 1. The van der Waals surface area contributed by atoms with E-state index in [1.807, 2.05) is 0 Å². The second-order valence-corrected chi connectivity index (χ2v) is 8.34. The summed E-state index contributed by atoms with van der Waals surface area (Å²) in [6.45, 7) is 0. The first-order valence-electron chi connectivity index (χ1n) is 8.91. The standard InChI is InChI=1S/C19H13F3N4O4S2/c1-26-16(28)14-10(7-31-15(14)25-18(26)29)6-13(27)24-17-23-12(8-32-17)9-3-2-4-11(5-9)30-19(20,21)22/h2-5,7-8H,6H2,1H3,(H,25,29)(H,23,24,27). The number of fused-ring (bicyclic) bond motifs is 1. The van der Waals surface area contributed by atoms with Gasteiger partial charge in [-0.2, -0.15) is 0 Å². The van der Waals surface area contributed by atoms with Crippen LogP contribution in [0.25, 0.3) is 21.5 Å². The molecule has 0 aliphatic carbocycles. The molecule has 2 N–H and O–H groups in total. The van der Waals surface area contributed by atoms with Crippen molar-refractivity contribution in [3.8, 4) is 17.0 Å². The first kappa shape index (κ1) is 21.8. The number of hydrogen-bond donors (Lipinski definition) is 2. The highest BCUT2D eigenvalue weighted by atomic mass is 32.1. The van der Waals surface area contributed by atoms with Gasteiger partial charge in [0.05, 0.1) is 17.5 Å². The maximum absolute atomic E-state index is 12.5. The van der Waals surface area contributed by atoms with Crippen LogP contribution in [0, 0.1) is 0 Å². The van der Waals surface area contributed by atoms with Gasteiger partial charge in [0.15, 0.2) is 5.13 Å². The summed E-state index contributed by atoms with van der Waals surface area (Å²) in [5.74, 6) is -0.814. The molecule has 3 heterocycles. The van der Waals surface area contributed by atoms with Crippen LogP contribution >= 0.6 is 22.7 Å². The molecule has 32 heavy (non-hydrogen) atoms. The van der Waals surface area contributed by atoms with Crippen LogP contribution < -0.4 is 21.3 Å². The Morgan fingerprint density at radius 1 is 1.25 bits per heavy atom. The Labute approximate surface area is 184 Å². The van der Waals surface area contributed by atoms with Crippen LogP contribution in [-0.4, -0.2) is 26.8 Å². The molecule has 0 bridgehead atoms. The third-order valence-electron chi connectivity index (χ3n) is 4.38. The fourth-order valence-corrected chi connectivity index (χ4v) is 4.62. The van der Waals surface area contributed by atoms with Gasteiger partial charge in [0.25, 0.3) is 5.56 Å². The van der Waals surface area contributed by atoms with Crippen LogP contribution in [0.3, 0.4) is 0 Å². The Morgan fingerprint density at radius 3 is 2.78 bits per heavy atom. The number of benzene rings is 1. The van der Waals surface area contributed by atoms with Crippen LogP contribution in [0.5, 0.6) is 5.75 Å². The summed E-state index contributed by atoms with van der Waals surface area (Å²) in [7, 11) is 1.34. The van der Waals surface area contributed by atoms with Gasteiger partial charge in [0, 0.05) is 18.0 Å². The van der Waals surface area contributed by atoms with Crippen molar-refractivity contribution < 1.29 is 22.7 Å². The molecule has 0 unspecified atom stereocenters. The molecule has 0 fully saturated rings. The number of ether oxygens (including phenoxy) is 1. The van der Waals surface area contributed by atoms with Gasteiger partial charge in [-0.25, -0.2) is 9.78 Å². The quantitative estimate of drug-likeness (QED) is 0.453. The van der Waals surface area contributed by atoms with Gasteiger partial charge in [0.1, 0.15) is 10.6 Å². The Morgan fingerprint density at radius 2 is 2.03 bits per heavy atom. The number of thiazole rings is 1. The van der Waals surface area contributed by atoms with Crippen LogP contribution in [0.2, 0.25) is 0 Å². The molecule has 4 rings (SSSR count). The molecule has 0 saturated heterocycles. The van der Waals surface area contributed by atoms with Crippen LogP contribution in [0.1, 0.15) is 5.56 Å². The van der Waals surface area contributed by atoms with Crippen LogP contribution in [0.15, 0.2) is 44.6 Å². The number of nitrogens with zero attached hydrogens (tertiary/aromatic N) is 2. The maximum Gasteiger partial charge on any atom is 0.573 e. The zero-order valence-electron chi connectivity index (χ0n) is 16.1. The highest BCUT2D eigenvalue weighted by Crippen LogP contribution is 2.30. The van der Waals surface area contributed by atoms with E-state index in [9.17, 15) is 27.6 Å². The Bertz CT molecular complexity index is 1430. The molecule has 8 nitrogen and oxygen atoms in total. The summed E-state index contributed by atoms with van der Waals surface area (Å²) < 4.78 is 42.1. The van der Waals surface area contributed by atoms with Gasteiger partial charge >= 0.3 is 12.1 Å². The fourth-order valence-electron chi connectivity index (χ4n) is 2.94. The van der Waals surface area contributed by atoms with E-state index in [1.165, 1.54) is 25.2 Å². The lowest BCUT2D eigenvalue weighted by Crippen LogP contribution is -2.32. The van der Waals surface area contributed by atoms with E-state index in [1.54, 1.807) is 16.8 Å². The van der Waals surface area contributed by atoms with E-state index in [-0.39, 0.29) is 22.7 Å². The van der Waals surface area contributed by atoms with Crippen molar-refractivity contribution in [2.75, 3.05) is 5.32 Å². The van der Waals surface area contributed by atoms with E-state index in [0.29, 0.717) is 21.7 Å². The lowest BCUT2D eigenvalue weighted by molar-refractivity contribution is -0.274. The number of amides is 1. The minimum Gasteiger partial charge on any atom is -0.406 e. The van der Waals surface area contributed by atoms with E-state index in [4.69, 9.17) is 0 Å². The minimum atomic E-state index is -4.81. The monoisotopic (exact) mass is 482 g/mol. The van der Waals surface area contributed by atoms with Crippen molar-refractivity contribution in [3.63, 3.8) is 0 Å². The molecule has 1 aromatic carbocycles. The van der Waals surface area contributed by atoms with Crippen molar-refractivity contribution in [1.82, 2.24) is 14.5 Å². The van der Waals surface area contributed by atoms with Gasteiger partial charge in [-0.15, -0.1) is 35.8 Å². The third-order valence-corrected chi connectivity index (χ3v) is 6.08. The highest BCUT2D eigenvalue weighted by molar-refractivity contribution is 7.17. The number of halogens is 3. The molecule has 1 amide bonds. The zero-order valence-corrected chi connectivity index (χ0v) is 17.8. The minimum absolute atomic E-state index is 0.120. The number of carbonyl (C=O) groups excluding carboxylic acids is 1. The molecule has 0 spiro atoms. The summed E-state index contributed by atoms with van der Waals surface area (Å²) >= 11 is 2.25. The molecule has 166 valence electrons. The largest absolute Gasteiger partial charge is 0.573 e.